The van der Waals surface area contributed by atoms with Crippen molar-refractivity contribution in [2.75, 3.05) is 0 Å². The van der Waals surface area contributed by atoms with Crippen molar-refractivity contribution in [3.05, 3.63) is 46.6 Å². The molecule has 0 spiro atoms. The highest BCUT2D eigenvalue weighted by Gasteiger charge is 2.31. The van der Waals surface area contributed by atoms with Crippen LogP contribution < -0.4 is 9.46 Å². The molecule has 2 rings (SSSR count). The molecule has 0 aliphatic carbocycles. The van der Waals surface area contributed by atoms with Crippen LogP contribution in [0.2, 0.25) is 5.02 Å². The second-order valence-electron chi connectivity index (χ2n) is 6.89. The monoisotopic (exact) mass is 429 g/mol. The number of rotatable bonds is 7. The molecule has 0 bridgehead atoms. The smallest absolute Gasteiger partial charge is 0.356 e. The van der Waals surface area contributed by atoms with Gasteiger partial charge in [0.05, 0.1) is 23.5 Å². The molecule has 0 saturated heterocycles. The Labute approximate surface area is 170 Å². The highest BCUT2D eigenvalue weighted by molar-refractivity contribution is 7.90. The van der Waals surface area contributed by atoms with Crippen molar-refractivity contribution in [1.82, 2.24) is 14.7 Å². The first-order valence-electron chi connectivity index (χ1n) is 8.43. The number of carbonyl (C=O) groups is 1. The lowest BCUT2D eigenvalue weighted by Crippen LogP contribution is -2.41. The van der Waals surface area contributed by atoms with E-state index in [4.69, 9.17) is 21.4 Å². The molecule has 152 valence electrons. The molecule has 1 aromatic heterocycles. The molecule has 0 aliphatic rings. The summed E-state index contributed by atoms with van der Waals surface area (Å²) in [6, 6.07) is 2.45. The Morgan fingerprint density at radius 1 is 1.39 bits per heavy atom. The third-order valence-corrected chi connectivity index (χ3v) is 5.63. The summed E-state index contributed by atoms with van der Waals surface area (Å²) in [5.74, 6) is -2.34. The van der Waals surface area contributed by atoms with Crippen LogP contribution in [-0.4, -0.2) is 30.3 Å². The average Bonchev–Trinajstić information content (AvgIpc) is 2.63. The van der Waals surface area contributed by atoms with Gasteiger partial charge in [0, 0.05) is 16.9 Å². The van der Waals surface area contributed by atoms with Crippen LogP contribution in [0.25, 0.3) is 0 Å². The van der Waals surface area contributed by atoms with E-state index in [1.165, 1.54) is 12.1 Å². The van der Waals surface area contributed by atoms with Gasteiger partial charge in [-0.1, -0.05) is 24.6 Å². The molecule has 10 heteroatoms. The largest absolute Gasteiger partial charge is 0.598 e. The first kappa shape index (κ1) is 22.4. The predicted molar refractivity (Wildman–Crippen MR) is 105 cm³/mol. The van der Waals surface area contributed by atoms with Gasteiger partial charge in [0.2, 0.25) is 5.88 Å². The number of nitrogens with zero attached hydrogens (tertiary/aromatic N) is 2. The van der Waals surface area contributed by atoms with Gasteiger partial charge in [-0.2, -0.15) is 0 Å². The molecule has 2 N–H and O–H groups in total. The lowest BCUT2D eigenvalue weighted by molar-refractivity contribution is 0.0690. The number of benzene rings is 1. The molecule has 0 fully saturated rings. The molecule has 0 amide bonds. The van der Waals surface area contributed by atoms with Crippen LogP contribution in [0.15, 0.2) is 24.5 Å². The van der Waals surface area contributed by atoms with Gasteiger partial charge in [-0.05, 0) is 33.3 Å². The Morgan fingerprint density at radius 3 is 2.57 bits per heavy atom. The van der Waals surface area contributed by atoms with Crippen molar-refractivity contribution in [2.24, 2.45) is 0 Å². The summed E-state index contributed by atoms with van der Waals surface area (Å²) in [6.07, 6.45) is 2.54. The summed E-state index contributed by atoms with van der Waals surface area (Å²) in [5, 5.41) is 8.86. The Balaban J connectivity index is 2.32. The van der Waals surface area contributed by atoms with Gasteiger partial charge in [0.1, 0.15) is 4.75 Å². The molecule has 7 nitrogen and oxygen atoms in total. The SMILES string of the molecule is CC[C@@H](N[S@+]([O-])C(C)(C)C)c1ccc(Cl)c(Oc2cnc(C(=O)O)cn2)c1F. The minimum absolute atomic E-state index is 0.0113. The minimum atomic E-state index is -1.40. The Kier molecular flexibility index (Phi) is 7.22. The lowest BCUT2D eigenvalue weighted by atomic mass is 10.0. The van der Waals surface area contributed by atoms with Crippen molar-refractivity contribution in [1.29, 1.82) is 0 Å². The van der Waals surface area contributed by atoms with Gasteiger partial charge in [0.25, 0.3) is 0 Å². The Morgan fingerprint density at radius 2 is 2.07 bits per heavy atom. The number of nitrogens with one attached hydrogen (secondary N) is 1. The molecule has 28 heavy (non-hydrogen) atoms. The highest BCUT2D eigenvalue weighted by Crippen LogP contribution is 2.36. The zero-order chi connectivity index (χ0) is 21.1. The molecule has 1 aromatic carbocycles. The number of aromatic nitrogens is 2. The predicted octanol–water partition coefficient (Wildman–Crippen LogP) is 4.26. The van der Waals surface area contributed by atoms with Crippen LogP contribution in [0.3, 0.4) is 0 Å². The number of aromatic carboxylic acids is 1. The van der Waals surface area contributed by atoms with Gasteiger partial charge in [-0.3, -0.25) is 0 Å². The number of carboxylic acid groups (broad SMARTS) is 1. The topological polar surface area (TPSA) is 107 Å². The first-order chi connectivity index (χ1) is 13.0. The summed E-state index contributed by atoms with van der Waals surface area (Å²) in [6.45, 7) is 7.28. The molecule has 0 saturated carbocycles. The van der Waals surface area contributed by atoms with Gasteiger partial charge in [-0.25, -0.2) is 19.2 Å². The molecule has 2 atom stereocenters. The second kappa shape index (κ2) is 9.04. The van der Waals surface area contributed by atoms with Crippen molar-refractivity contribution >= 4 is 28.9 Å². The molecule has 0 radical (unpaired) electrons. The average molecular weight is 430 g/mol. The molecule has 2 aromatic rings. The zero-order valence-electron chi connectivity index (χ0n) is 15.8. The number of hydrogen-bond donors (Lipinski definition) is 2. The van der Waals surface area contributed by atoms with Gasteiger partial charge >= 0.3 is 5.97 Å². The maximum atomic E-state index is 15.1. The van der Waals surface area contributed by atoms with E-state index in [2.05, 4.69) is 14.7 Å². The third-order valence-electron chi connectivity index (χ3n) is 3.72. The summed E-state index contributed by atoms with van der Waals surface area (Å²) in [5.41, 5.74) is -0.0257. The number of hydrogen-bond acceptors (Lipinski definition) is 6. The van der Waals surface area contributed by atoms with Crippen molar-refractivity contribution in [2.45, 2.75) is 44.9 Å². The van der Waals surface area contributed by atoms with E-state index in [0.717, 1.165) is 12.4 Å². The summed E-state index contributed by atoms with van der Waals surface area (Å²) in [4.78, 5) is 18.3. The highest BCUT2D eigenvalue weighted by atomic mass is 35.5. The summed E-state index contributed by atoms with van der Waals surface area (Å²) in [7, 11) is 0. The summed E-state index contributed by atoms with van der Waals surface area (Å²) >= 11 is 4.67. The van der Waals surface area contributed by atoms with E-state index in [9.17, 15) is 9.35 Å². The van der Waals surface area contributed by atoms with E-state index in [1.807, 2.05) is 27.7 Å². The van der Waals surface area contributed by atoms with Crippen molar-refractivity contribution < 1.29 is 23.6 Å². The summed E-state index contributed by atoms with van der Waals surface area (Å²) < 4.78 is 35.3. The van der Waals surface area contributed by atoms with Crippen LogP contribution in [0, 0.1) is 5.82 Å². The number of halogens is 2. The standard InChI is InChI=1S/C18H21ClFN3O4S/c1-5-12(23-28(26)18(2,3)4)10-6-7-11(19)16(15(10)20)27-14-9-21-13(8-22-14)17(24)25/h6-9,12,23H,5H2,1-4H3,(H,24,25)/t12-,28-/m1/s1. The fraction of sp³-hybridized carbons (Fsp3) is 0.389. The molecule has 1 heterocycles. The maximum absolute atomic E-state index is 15.1. The Hall–Kier alpha value is -1.94. The normalized spacial score (nSPS) is 13.8. The minimum Gasteiger partial charge on any atom is -0.598 e. The molecular weight excluding hydrogens is 409 g/mol. The van der Waals surface area contributed by atoms with E-state index in [-0.39, 0.29) is 27.9 Å². The fourth-order valence-corrected chi connectivity index (χ4v) is 3.26. The van der Waals surface area contributed by atoms with Crippen molar-refractivity contribution in [3.63, 3.8) is 0 Å². The van der Waals surface area contributed by atoms with Crippen LogP contribution in [-0.2, 0) is 11.4 Å². The van der Waals surface area contributed by atoms with E-state index in [1.54, 1.807) is 0 Å². The van der Waals surface area contributed by atoms with E-state index >= 15 is 4.39 Å². The van der Waals surface area contributed by atoms with Crippen LogP contribution in [0.1, 0.15) is 56.2 Å². The van der Waals surface area contributed by atoms with E-state index in [0.29, 0.717) is 6.42 Å². The maximum Gasteiger partial charge on any atom is 0.356 e. The van der Waals surface area contributed by atoms with Gasteiger partial charge in [0.15, 0.2) is 17.3 Å². The van der Waals surface area contributed by atoms with Crippen LogP contribution in [0.5, 0.6) is 11.6 Å². The number of carboxylic acids is 1. The molecule has 0 aliphatic heterocycles. The Bertz CT molecular complexity index is 846. The molecule has 0 unspecified atom stereocenters. The van der Waals surface area contributed by atoms with Crippen LogP contribution >= 0.6 is 11.6 Å². The van der Waals surface area contributed by atoms with Gasteiger partial charge < -0.3 is 14.4 Å². The zero-order valence-corrected chi connectivity index (χ0v) is 17.4. The fourth-order valence-electron chi connectivity index (χ4n) is 2.17. The van der Waals surface area contributed by atoms with Gasteiger partial charge in [-0.15, -0.1) is 4.72 Å². The quantitative estimate of drug-likeness (QED) is 0.633. The van der Waals surface area contributed by atoms with Crippen molar-refractivity contribution in [3.8, 4) is 11.6 Å². The molecular formula is C18H21ClFN3O4S. The van der Waals surface area contributed by atoms with E-state index < -0.39 is 33.9 Å². The lowest BCUT2D eigenvalue weighted by Gasteiger charge is -2.28. The first-order valence-corrected chi connectivity index (χ1v) is 9.96. The van der Waals surface area contributed by atoms with Crippen LogP contribution in [0.4, 0.5) is 4.39 Å². The third kappa shape index (κ3) is 5.32. The second-order valence-corrected chi connectivity index (χ2v) is 9.29. The number of ether oxygens (including phenoxy) is 1.